The highest BCUT2D eigenvalue weighted by Gasteiger charge is 2.24. The second-order valence-electron chi connectivity index (χ2n) is 26.0. The highest BCUT2D eigenvalue weighted by Crippen LogP contribution is 2.41. The van der Waals surface area contributed by atoms with Gasteiger partial charge in [0.2, 0.25) is 0 Å². The number of aromatic amines is 1. The molecule has 476 valence electrons. The Bertz CT molecular complexity index is 2820. The molecule has 7 heterocycles. The van der Waals surface area contributed by atoms with Gasteiger partial charge in [0.1, 0.15) is 39.0 Å². The maximum Gasteiger partial charge on any atom is 0.140 e. The van der Waals surface area contributed by atoms with Gasteiger partial charge in [0.05, 0.1) is 28.4 Å². The number of pyridine rings is 2. The Morgan fingerprint density at radius 1 is 0.356 bits per heavy atom. The van der Waals surface area contributed by atoms with E-state index >= 15 is 0 Å². The van der Waals surface area contributed by atoms with Crippen LogP contribution in [0.4, 0.5) is 0 Å². The zero-order chi connectivity index (χ0) is 60.4. The smallest absolute Gasteiger partial charge is 0.140 e. The van der Waals surface area contributed by atoms with Crippen LogP contribution in [0.2, 0.25) is 0 Å². The van der Waals surface area contributed by atoms with E-state index in [0.29, 0.717) is 0 Å². The molecule has 0 saturated carbocycles. The summed E-state index contributed by atoms with van der Waals surface area (Å²) in [6, 6.07) is 12.8. The molecule has 0 bridgehead atoms. The summed E-state index contributed by atoms with van der Waals surface area (Å²) in [5.41, 5.74) is 10.3. The molecular formula is C74H113N11S2. The fourth-order valence-electron chi connectivity index (χ4n) is 13.5. The molecule has 0 aliphatic rings. The monoisotopic (exact) mass is 1220 g/mol. The molecule has 8 rings (SSSR count). The minimum Gasteiger partial charge on any atom is -0.257 e. The van der Waals surface area contributed by atoms with Crippen molar-refractivity contribution in [1.82, 2.24) is 55.4 Å². The van der Waals surface area contributed by atoms with Crippen LogP contribution in [0.15, 0.2) is 59.6 Å². The van der Waals surface area contributed by atoms with Gasteiger partial charge in [-0.1, -0.05) is 314 Å². The van der Waals surface area contributed by atoms with Gasteiger partial charge in [0.25, 0.3) is 0 Å². The number of H-pyrrole nitrogens is 1. The average molecular weight is 1220 g/mol. The lowest BCUT2D eigenvalue weighted by molar-refractivity contribution is 0.359. The van der Waals surface area contributed by atoms with E-state index in [1.54, 1.807) is 22.7 Å². The van der Waals surface area contributed by atoms with Crippen LogP contribution in [0.3, 0.4) is 0 Å². The zero-order valence-electron chi connectivity index (χ0n) is 54.8. The molecule has 7 aromatic heterocycles. The number of rotatable bonds is 50. The van der Waals surface area contributed by atoms with Crippen molar-refractivity contribution in [3.05, 3.63) is 59.6 Å². The van der Waals surface area contributed by atoms with E-state index in [2.05, 4.69) is 85.2 Å². The predicted molar refractivity (Wildman–Crippen MR) is 373 cm³/mol. The molecule has 11 nitrogen and oxygen atoms in total. The number of fused-ring (bicyclic) bond motifs is 3. The van der Waals surface area contributed by atoms with E-state index < -0.39 is 0 Å². The highest BCUT2D eigenvalue weighted by molar-refractivity contribution is 7.13. The third-order valence-corrected chi connectivity index (χ3v) is 20.6. The predicted octanol–water partition coefficient (Wildman–Crippen LogP) is 23.7. The number of benzene rings is 1. The summed E-state index contributed by atoms with van der Waals surface area (Å²) in [4.78, 5) is 16.4. The Morgan fingerprint density at radius 2 is 0.690 bits per heavy atom. The largest absolute Gasteiger partial charge is 0.257 e. The zero-order valence-corrected chi connectivity index (χ0v) is 56.5. The van der Waals surface area contributed by atoms with Gasteiger partial charge in [-0.15, -0.1) is 27.8 Å². The van der Waals surface area contributed by atoms with Crippen molar-refractivity contribution < 1.29 is 0 Å². The van der Waals surface area contributed by atoms with Gasteiger partial charge in [-0.05, 0) is 47.6 Å². The summed E-state index contributed by atoms with van der Waals surface area (Å²) >= 11 is 3.39. The van der Waals surface area contributed by atoms with Gasteiger partial charge >= 0.3 is 0 Å². The van der Waals surface area contributed by atoms with Crippen molar-refractivity contribution in [2.24, 2.45) is 11.8 Å². The van der Waals surface area contributed by atoms with E-state index in [9.17, 15) is 0 Å². The number of nitrogens with zero attached hydrogens (tertiary/aromatic N) is 10. The molecule has 0 unspecified atom stereocenters. The standard InChI is InChI=1S/C74H113N11S2/c1-5-9-13-17-21-25-29-33-43-59(44-34-30-26-22-18-14-10-6-2)47-37-39-53-84-79-69-63(57-75-71(73(69)81-84)65-49-41-55-86-65)61-51-52-62(68-67(61)77-83-78-68)64-58-76-72(66-50-42-56-87-66)74-70(64)80-85(82-74)54-40-38-48-60(45-35-31-27-23-19-15-11-7-3)46-36-32-28-24-20-16-12-8-4/h41-42,49-52,55-60H,5-40,43-48,53-54H2,1-4H3,(H,77,78,83). The van der Waals surface area contributed by atoms with E-state index in [1.165, 1.54) is 257 Å². The van der Waals surface area contributed by atoms with Crippen LogP contribution in [-0.2, 0) is 13.1 Å². The Hall–Kier alpha value is -4.88. The lowest BCUT2D eigenvalue weighted by atomic mass is 9.90. The van der Waals surface area contributed by atoms with Gasteiger partial charge in [-0.2, -0.15) is 30.0 Å². The lowest BCUT2D eigenvalue weighted by Gasteiger charge is -2.17. The molecule has 1 aromatic carbocycles. The number of aryl methyl sites for hydroxylation is 2. The molecule has 0 aliphatic heterocycles. The summed E-state index contributed by atoms with van der Waals surface area (Å²) in [5.74, 6) is 1.64. The van der Waals surface area contributed by atoms with Crippen molar-refractivity contribution in [3.8, 4) is 43.4 Å². The maximum atomic E-state index is 5.30. The van der Waals surface area contributed by atoms with Crippen molar-refractivity contribution in [2.75, 3.05) is 0 Å². The molecule has 0 amide bonds. The third-order valence-electron chi connectivity index (χ3n) is 18.8. The van der Waals surface area contributed by atoms with Crippen molar-refractivity contribution >= 4 is 55.8 Å². The Labute approximate surface area is 533 Å². The van der Waals surface area contributed by atoms with E-state index in [0.717, 1.165) is 114 Å². The van der Waals surface area contributed by atoms with E-state index in [1.807, 2.05) is 22.0 Å². The Balaban J connectivity index is 0.954. The molecule has 1 N–H and O–H groups in total. The Morgan fingerprint density at radius 3 is 1.06 bits per heavy atom. The van der Waals surface area contributed by atoms with Gasteiger partial charge in [-0.25, -0.2) is 0 Å². The number of hydrogen-bond donors (Lipinski definition) is 1. The first kappa shape index (κ1) is 68.0. The maximum absolute atomic E-state index is 5.30. The summed E-state index contributed by atoms with van der Waals surface area (Å²) in [7, 11) is 0. The minimum atomic E-state index is 0.754. The van der Waals surface area contributed by atoms with Crippen LogP contribution in [0.25, 0.3) is 76.5 Å². The quantitative estimate of drug-likeness (QED) is 0.0373. The summed E-state index contributed by atoms with van der Waals surface area (Å²) in [6.07, 6.45) is 61.0. The summed E-state index contributed by atoms with van der Waals surface area (Å²) in [5, 5.41) is 37.9. The minimum absolute atomic E-state index is 0.754. The van der Waals surface area contributed by atoms with Gasteiger partial charge in [-0.3, -0.25) is 15.1 Å². The van der Waals surface area contributed by atoms with Crippen LogP contribution < -0.4 is 0 Å². The third kappa shape index (κ3) is 21.9. The molecule has 8 aromatic rings. The molecule has 0 atom stereocenters. The lowest BCUT2D eigenvalue weighted by Crippen LogP contribution is -2.05. The molecule has 0 radical (unpaired) electrons. The fourth-order valence-corrected chi connectivity index (χ4v) is 15.0. The fraction of sp³-hybridized carbons (Fsp3) is 0.676. The van der Waals surface area contributed by atoms with Gasteiger partial charge in [0, 0.05) is 34.6 Å². The normalized spacial score (nSPS) is 12.1. The number of aromatic nitrogens is 11. The Kier molecular flexibility index (Phi) is 31.3. The number of unbranched alkanes of at least 4 members (excludes halogenated alkanes) is 30. The first-order valence-corrected chi connectivity index (χ1v) is 37.8. The first-order chi connectivity index (χ1) is 43.1. The van der Waals surface area contributed by atoms with Crippen LogP contribution >= 0.6 is 22.7 Å². The number of nitrogens with one attached hydrogen (secondary N) is 1. The SMILES string of the molecule is CCCCCCCCCCC(CCCCCCCCCC)CCCCn1nc2c(-c3ccc(-c4cnc(-c5cccs5)c5nn(CCCCC(CCCCCCCCCC)CCCCCCCCCC)nc45)c4[nH]nnc34)cnc(-c3cccs3)c2n1. The molecule has 87 heavy (non-hydrogen) atoms. The molecule has 0 spiro atoms. The highest BCUT2D eigenvalue weighted by atomic mass is 32.1. The average Bonchev–Trinajstić information content (AvgIpc) is 1.93. The van der Waals surface area contributed by atoms with Crippen LogP contribution in [-0.4, -0.2) is 55.4 Å². The molecule has 13 heteroatoms. The van der Waals surface area contributed by atoms with E-state index in [4.69, 9.17) is 35.5 Å². The summed E-state index contributed by atoms with van der Waals surface area (Å²) in [6.45, 7) is 10.8. The number of thiophene rings is 2. The van der Waals surface area contributed by atoms with Crippen LogP contribution in [0.1, 0.15) is 297 Å². The first-order valence-electron chi connectivity index (χ1n) is 36.0. The summed E-state index contributed by atoms with van der Waals surface area (Å²) < 4.78 is 0. The van der Waals surface area contributed by atoms with E-state index in [-0.39, 0.29) is 0 Å². The van der Waals surface area contributed by atoms with Crippen molar-refractivity contribution in [3.63, 3.8) is 0 Å². The number of hydrogen-bond acceptors (Lipinski definition) is 10. The molecular weight excluding hydrogens is 1110 g/mol. The van der Waals surface area contributed by atoms with Crippen molar-refractivity contribution in [1.29, 1.82) is 0 Å². The van der Waals surface area contributed by atoms with Gasteiger partial charge in [0.15, 0.2) is 0 Å². The topological polar surface area (TPSA) is 129 Å². The van der Waals surface area contributed by atoms with Gasteiger partial charge < -0.3 is 0 Å². The van der Waals surface area contributed by atoms with Crippen LogP contribution in [0.5, 0.6) is 0 Å². The molecule has 0 saturated heterocycles. The van der Waals surface area contributed by atoms with Crippen LogP contribution in [0, 0.1) is 11.8 Å². The second-order valence-corrected chi connectivity index (χ2v) is 27.9. The van der Waals surface area contributed by atoms with Crippen molar-refractivity contribution in [2.45, 2.75) is 310 Å². The molecule has 0 aliphatic carbocycles. The second kappa shape index (κ2) is 40.0. The molecule has 0 fully saturated rings.